The van der Waals surface area contributed by atoms with Gasteiger partial charge >= 0.3 is 0 Å². The minimum atomic E-state index is -0.875. The van der Waals surface area contributed by atoms with Crippen LogP contribution in [0, 0.1) is 0 Å². The van der Waals surface area contributed by atoms with Crippen LogP contribution in [-0.4, -0.2) is 54.4 Å². The molecule has 2 atom stereocenters. The number of amides is 1. The lowest BCUT2D eigenvalue weighted by Gasteiger charge is -2.34. The Balaban J connectivity index is 1.68. The van der Waals surface area contributed by atoms with Gasteiger partial charge < -0.3 is 5.32 Å². The summed E-state index contributed by atoms with van der Waals surface area (Å²) in [7, 11) is 0.965. The van der Waals surface area contributed by atoms with Crippen molar-refractivity contribution >= 4 is 34.1 Å². The SMILES string of the molecule is Cn1cc([C@@H]2C[S@](=O)CCN2CC(=O)Nc2ccc(Cl)cn2)cn1. The summed E-state index contributed by atoms with van der Waals surface area (Å²) in [6.45, 7) is 0.814. The summed E-state index contributed by atoms with van der Waals surface area (Å²) >= 11 is 5.79. The molecule has 0 bridgehead atoms. The Bertz CT molecular complexity index is 749. The second kappa shape index (κ2) is 7.42. The van der Waals surface area contributed by atoms with Gasteiger partial charge in [-0.05, 0) is 12.1 Å². The molecule has 1 saturated heterocycles. The van der Waals surface area contributed by atoms with Gasteiger partial charge in [0.15, 0.2) is 0 Å². The van der Waals surface area contributed by atoms with E-state index in [4.69, 9.17) is 11.6 Å². The van der Waals surface area contributed by atoms with E-state index in [1.165, 1.54) is 6.20 Å². The lowest BCUT2D eigenvalue weighted by atomic mass is 10.1. The van der Waals surface area contributed by atoms with Gasteiger partial charge in [0.25, 0.3) is 0 Å². The van der Waals surface area contributed by atoms with Crippen LogP contribution in [0.1, 0.15) is 11.6 Å². The third-order valence-corrected chi connectivity index (χ3v) is 5.39. The molecule has 0 saturated carbocycles. The standard InChI is InChI=1S/C15H18ClN5O2S/c1-20-8-11(6-18-20)13-10-24(23)5-4-21(13)9-15(22)19-14-3-2-12(16)7-17-14/h2-3,6-8,13H,4-5,9-10H2,1H3,(H,17,19,22)/t13-,24+/m0/s1. The van der Waals surface area contributed by atoms with Gasteiger partial charge in [-0.25, -0.2) is 4.98 Å². The molecule has 1 fully saturated rings. The molecule has 9 heteroatoms. The summed E-state index contributed by atoms with van der Waals surface area (Å²) in [5, 5.41) is 7.45. The number of carbonyl (C=O) groups is 1. The number of nitrogens with zero attached hydrogens (tertiary/aromatic N) is 4. The van der Waals surface area contributed by atoms with Crippen LogP contribution in [0.3, 0.4) is 0 Å². The number of pyridine rings is 1. The number of carbonyl (C=O) groups excluding carboxylic acids is 1. The third-order valence-electron chi connectivity index (χ3n) is 3.84. The number of aromatic nitrogens is 3. The van der Waals surface area contributed by atoms with Crippen molar-refractivity contribution in [3.05, 3.63) is 41.3 Å². The Morgan fingerprint density at radius 3 is 2.96 bits per heavy atom. The maximum Gasteiger partial charge on any atom is 0.239 e. The predicted molar refractivity (Wildman–Crippen MR) is 93.3 cm³/mol. The highest BCUT2D eigenvalue weighted by Gasteiger charge is 2.30. The smallest absolute Gasteiger partial charge is 0.239 e. The summed E-state index contributed by atoms with van der Waals surface area (Å²) in [6, 6.07) is 3.26. The van der Waals surface area contributed by atoms with Crippen LogP contribution in [-0.2, 0) is 22.6 Å². The highest BCUT2D eigenvalue weighted by molar-refractivity contribution is 7.85. The molecule has 3 heterocycles. The van der Waals surface area contributed by atoms with E-state index < -0.39 is 10.8 Å². The molecular formula is C15H18ClN5O2S. The fourth-order valence-corrected chi connectivity index (χ4v) is 4.14. The second-order valence-electron chi connectivity index (χ2n) is 5.65. The maximum atomic E-state index is 12.3. The van der Waals surface area contributed by atoms with E-state index in [9.17, 15) is 9.00 Å². The Labute approximate surface area is 147 Å². The van der Waals surface area contributed by atoms with Crippen LogP contribution in [0.4, 0.5) is 5.82 Å². The zero-order valence-corrected chi connectivity index (χ0v) is 14.8. The average molecular weight is 368 g/mol. The monoisotopic (exact) mass is 367 g/mol. The number of hydrogen-bond acceptors (Lipinski definition) is 5. The second-order valence-corrected chi connectivity index (χ2v) is 7.71. The van der Waals surface area contributed by atoms with Crippen molar-refractivity contribution in [2.24, 2.45) is 7.05 Å². The molecule has 3 rings (SSSR count). The molecule has 1 N–H and O–H groups in total. The first kappa shape index (κ1) is 17.1. The number of halogens is 1. The van der Waals surface area contributed by atoms with Gasteiger partial charge in [-0.3, -0.25) is 18.6 Å². The quantitative estimate of drug-likeness (QED) is 0.878. The average Bonchev–Trinajstić information content (AvgIpc) is 2.98. The van der Waals surface area contributed by atoms with Crippen LogP contribution in [0.15, 0.2) is 30.7 Å². The van der Waals surface area contributed by atoms with Gasteiger partial charge in [0.05, 0.1) is 17.8 Å². The van der Waals surface area contributed by atoms with Gasteiger partial charge in [0.2, 0.25) is 5.91 Å². The highest BCUT2D eigenvalue weighted by atomic mass is 35.5. The van der Waals surface area contributed by atoms with Gasteiger partial charge in [0, 0.05) is 59.9 Å². The molecule has 0 unspecified atom stereocenters. The molecule has 7 nitrogen and oxygen atoms in total. The molecule has 1 aliphatic rings. The molecule has 0 radical (unpaired) electrons. The minimum Gasteiger partial charge on any atom is -0.310 e. The molecule has 1 amide bonds. The third kappa shape index (κ3) is 4.19. The molecule has 1 aliphatic heterocycles. The first-order valence-electron chi connectivity index (χ1n) is 7.50. The molecule has 24 heavy (non-hydrogen) atoms. The zero-order chi connectivity index (χ0) is 17.1. The topological polar surface area (TPSA) is 80.1 Å². The summed E-state index contributed by atoms with van der Waals surface area (Å²) in [5.74, 6) is 1.39. The predicted octanol–water partition coefficient (Wildman–Crippen LogP) is 1.21. The van der Waals surface area contributed by atoms with Crippen molar-refractivity contribution in [2.45, 2.75) is 6.04 Å². The number of hydrogen-bond donors (Lipinski definition) is 1. The van der Waals surface area contributed by atoms with E-state index in [0.717, 1.165) is 5.56 Å². The van der Waals surface area contributed by atoms with Crippen LogP contribution in [0.2, 0.25) is 5.02 Å². The lowest BCUT2D eigenvalue weighted by Crippen LogP contribution is -2.44. The number of rotatable bonds is 4. The van der Waals surface area contributed by atoms with Crippen LogP contribution < -0.4 is 5.32 Å². The van der Waals surface area contributed by atoms with E-state index in [1.54, 1.807) is 23.0 Å². The molecule has 0 aromatic carbocycles. The normalized spacial score (nSPS) is 21.6. The molecule has 128 valence electrons. The summed E-state index contributed by atoms with van der Waals surface area (Å²) in [4.78, 5) is 18.4. The van der Waals surface area contributed by atoms with Crippen molar-refractivity contribution in [3.8, 4) is 0 Å². The van der Waals surface area contributed by atoms with Gasteiger partial charge in [0.1, 0.15) is 5.82 Å². The highest BCUT2D eigenvalue weighted by Crippen LogP contribution is 2.24. The van der Waals surface area contributed by atoms with Crippen molar-refractivity contribution in [1.82, 2.24) is 19.7 Å². The molecule has 0 aliphatic carbocycles. The van der Waals surface area contributed by atoms with E-state index >= 15 is 0 Å². The van der Waals surface area contributed by atoms with Crippen molar-refractivity contribution in [3.63, 3.8) is 0 Å². The molecule has 0 spiro atoms. The maximum absolute atomic E-state index is 12.3. The Morgan fingerprint density at radius 1 is 1.46 bits per heavy atom. The Hall–Kier alpha value is -1.77. The summed E-state index contributed by atoms with van der Waals surface area (Å²) in [6.07, 6.45) is 5.15. The fourth-order valence-electron chi connectivity index (χ4n) is 2.66. The van der Waals surface area contributed by atoms with E-state index in [-0.39, 0.29) is 18.5 Å². The van der Waals surface area contributed by atoms with Crippen molar-refractivity contribution in [2.75, 3.05) is 29.9 Å². The number of aryl methyl sites for hydroxylation is 1. The molecular weight excluding hydrogens is 350 g/mol. The van der Waals surface area contributed by atoms with Gasteiger partial charge in [-0.2, -0.15) is 5.10 Å². The molecule has 2 aromatic rings. The van der Waals surface area contributed by atoms with Crippen molar-refractivity contribution in [1.29, 1.82) is 0 Å². The van der Waals surface area contributed by atoms with Gasteiger partial charge in [-0.1, -0.05) is 11.6 Å². The van der Waals surface area contributed by atoms with Crippen molar-refractivity contribution < 1.29 is 9.00 Å². The van der Waals surface area contributed by atoms with E-state index in [1.807, 2.05) is 18.1 Å². The van der Waals surface area contributed by atoms with Crippen LogP contribution in [0.5, 0.6) is 0 Å². The summed E-state index contributed by atoms with van der Waals surface area (Å²) < 4.78 is 13.7. The lowest BCUT2D eigenvalue weighted by molar-refractivity contribution is -0.117. The number of nitrogens with one attached hydrogen (secondary N) is 1. The summed E-state index contributed by atoms with van der Waals surface area (Å²) in [5.41, 5.74) is 0.975. The van der Waals surface area contributed by atoms with E-state index in [2.05, 4.69) is 15.4 Å². The minimum absolute atomic E-state index is 0.0720. The largest absolute Gasteiger partial charge is 0.310 e. The van der Waals surface area contributed by atoms with Crippen LogP contribution >= 0.6 is 11.6 Å². The Kier molecular flexibility index (Phi) is 5.27. The van der Waals surface area contributed by atoms with Crippen LogP contribution in [0.25, 0.3) is 0 Å². The molecule has 2 aromatic heterocycles. The number of anilines is 1. The first-order chi connectivity index (χ1) is 11.5. The van der Waals surface area contributed by atoms with Gasteiger partial charge in [-0.15, -0.1) is 0 Å². The first-order valence-corrected chi connectivity index (χ1v) is 9.37. The Morgan fingerprint density at radius 2 is 2.29 bits per heavy atom. The van der Waals surface area contributed by atoms with E-state index in [0.29, 0.717) is 28.9 Å². The zero-order valence-electron chi connectivity index (χ0n) is 13.2. The fraction of sp³-hybridized carbons (Fsp3) is 0.400.